The van der Waals surface area contributed by atoms with Crippen LogP contribution in [0.4, 0.5) is 5.69 Å². The molecule has 2 saturated heterocycles. The molecule has 0 spiro atoms. The first-order chi connectivity index (χ1) is 13.6. The number of anilines is 1. The third-order valence-corrected chi connectivity index (χ3v) is 5.65. The minimum Gasteiger partial charge on any atom is -0.336 e. The molecule has 0 bridgehead atoms. The van der Waals surface area contributed by atoms with Crippen LogP contribution in [-0.2, 0) is 11.3 Å². The van der Waals surface area contributed by atoms with Crippen LogP contribution in [0, 0.1) is 6.92 Å². The average molecular weight is 377 g/mol. The molecule has 0 aliphatic carbocycles. The van der Waals surface area contributed by atoms with E-state index < -0.39 is 0 Å². The van der Waals surface area contributed by atoms with E-state index in [0.29, 0.717) is 12.0 Å². The lowest BCUT2D eigenvalue weighted by Gasteiger charge is -2.35. The smallest absolute Gasteiger partial charge is 0.253 e. The molecule has 5 heteroatoms. The van der Waals surface area contributed by atoms with Crippen LogP contribution < -0.4 is 4.90 Å². The summed E-state index contributed by atoms with van der Waals surface area (Å²) in [5.41, 5.74) is 4.20. The Hall–Kier alpha value is -2.66. The van der Waals surface area contributed by atoms with E-state index in [1.54, 1.807) is 4.90 Å². The van der Waals surface area contributed by atoms with Crippen LogP contribution in [0.3, 0.4) is 0 Å². The highest BCUT2D eigenvalue weighted by atomic mass is 16.2. The Labute approximate surface area is 166 Å². The van der Waals surface area contributed by atoms with Crippen molar-refractivity contribution in [1.82, 2.24) is 9.80 Å². The fourth-order valence-corrected chi connectivity index (χ4v) is 4.07. The molecule has 146 valence electrons. The van der Waals surface area contributed by atoms with Crippen molar-refractivity contribution in [3.05, 3.63) is 65.2 Å². The number of nitrogens with zero attached hydrogens (tertiary/aromatic N) is 3. The Bertz CT molecular complexity index is 854. The molecule has 2 heterocycles. The standard InChI is InChI=1S/C23H27N3O2/c1-18-4-2-5-19(16-18)17-24-12-14-25(15-13-24)23(28)20-7-9-21(10-8-20)26-11-3-6-22(26)27/h2,4-5,7-10,16H,3,6,11-15,17H2,1H3. The zero-order chi connectivity index (χ0) is 19.5. The fourth-order valence-electron chi connectivity index (χ4n) is 4.07. The molecule has 2 aromatic carbocycles. The lowest BCUT2D eigenvalue weighted by molar-refractivity contribution is -0.117. The van der Waals surface area contributed by atoms with Crippen LogP contribution in [0.15, 0.2) is 48.5 Å². The Morgan fingerprint density at radius 2 is 1.71 bits per heavy atom. The van der Waals surface area contributed by atoms with Gasteiger partial charge in [0.25, 0.3) is 5.91 Å². The van der Waals surface area contributed by atoms with Crippen LogP contribution in [0.25, 0.3) is 0 Å². The van der Waals surface area contributed by atoms with Crippen LogP contribution in [0.5, 0.6) is 0 Å². The van der Waals surface area contributed by atoms with Crippen molar-refractivity contribution in [2.75, 3.05) is 37.6 Å². The minimum absolute atomic E-state index is 0.0782. The highest BCUT2D eigenvalue weighted by Crippen LogP contribution is 2.22. The molecule has 0 unspecified atom stereocenters. The molecule has 0 atom stereocenters. The maximum absolute atomic E-state index is 12.8. The van der Waals surface area contributed by atoms with Gasteiger partial charge in [0.2, 0.25) is 5.91 Å². The van der Waals surface area contributed by atoms with Crippen molar-refractivity contribution < 1.29 is 9.59 Å². The maximum Gasteiger partial charge on any atom is 0.253 e. The van der Waals surface area contributed by atoms with E-state index in [4.69, 9.17) is 0 Å². The van der Waals surface area contributed by atoms with Gasteiger partial charge in [-0.1, -0.05) is 29.8 Å². The first-order valence-electron chi connectivity index (χ1n) is 10.1. The van der Waals surface area contributed by atoms with Crippen LogP contribution in [-0.4, -0.2) is 54.3 Å². The minimum atomic E-state index is 0.0782. The Balaban J connectivity index is 1.33. The monoisotopic (exact) mass is 377 g/mol. The summed E-state index contributed by atoms with van der Waals surface area (Å²) >= 11 is 0. The predicted octanol–water partition coefficient (Wildman–Crippen LogP) is 3.08. The summed E-state index contributed by atoms with van der Waals surface area (Å²) in [4.78, 5) is 30.8. The van der Waals surface area contributed by atoms with Crippen molar-refractivity contribution >= 4 is 17.5 Å². The van der Waals surface area contributed by atoms with Gasteiger partial charge >= 0.3 is 0 Å². The quantitative estimate of drug-likeness (QED) is 0.822. The molecule has 2 aliphatic rings. The van der Waals surface area contributed by atoms with Crippen LogP contribution >= 0.6 is 0 Å². The van der Waals surface area contributed by atoms with E-state index >= 15 is 0 Å². The number of carbonyl (C=O) groups is 2. The first kappa shape index (κ1) is 18.7. The van der Waals surface area contributed by atoms with Gasteiger partial charge in [-0.25, -0.2) is 0 Å². The van der Waals surface area contributed by atoms with Gasteiger partial charge in [-0.2, -0.15) is 0 Å². The van der Waals surface area contributed by atoms with Gasteiger partial charge in [-0.05, 0) is 43.2 Å². The third-order valence-electron chi connectivity index (χ3n) is 5.65. The van der Waals surface area contributed by atoms with E-state index in [1.807, 2.05) is 29.2 Å². The van der Waals surface area contributed by atoms with Crippen molar-refractivity contribution in [3.8, 4) is 0 Å². The van der Waals surface area contributed by atoms with Crippen molar-refractivity contribution in [2.24, 2.45) is 0 Å². The number of benzene rings is 2. The summed E-state index contributed by atoms with van der Waals surface area (Å²) < 4.78 is 0. The van der Waals surface area contributed by atoms with E-state index in [1.165, 1.54) is 11.1 Å². The molecule has 2 amide bonds. The molecule has 4 rings (SSSR count). The Morgan fingerprint density at radius 1 is 0.964 bits per heavy atom. The SMILES string of the molecule is Cc1cccc(CN2CCN(C(=O)c3ccc(N4CCCC4=O)cc3)CC2)c1. The number of amides is 2. The van der Waals surface area contributed by atoms with Crippen LogP contribution in [0.2, 0.25) is 0 Å². The lowest BCUT2D eigenvalue weighted by atomic mass is 10.1. The summed E-state index contributed by atoms with van der Waals surface area (Å²) in [5.74, 6) is 0.248. The topological polar surface area (TPSA) is 43.9 Å². The molecule has 0 aromatic heterocycles. The van der Waals surface area contributed by atoms with Crippen molar-refractivity contribution in [3.63, 3.8) is 0 Å². The molecule has 0 saturated carbocycles. The Kier molecular flexibility index (Phi) is 5.44. The number of piperazine rings is 1. The Morgan fingerprint density at radius 3 is 2.36 bits per heavy atom. The van der Waals surface area contributed by atoms with E-state index in [0.717, 1.165) is 51.4 Å². The maximum atomic E-state index is 12.8. The molecule has 2 aromatic rings. The lowest BCUT2D eigenvalue weighted by Crippen LogP contribution is -2.48. The summed E-state index contributed by atoms with van der Waals surface area (Å²) in [7, 11) is 0. The highest BCUT2D eigenvalue weighted by Gasteiger charge is 2.24. The summed E-state index contributed by atoms with van der Waals surface area (Å²) in [5, 5.41) is 0. The predicted molar refractivity (Wildman–Crippen MR) is 110 cm³/mol. The molecule has 0 radical (unpaired) electrons. The second-order valence-corrected chi connectivity index (χ2v) is 7.75. The third kappa shape index (κ3) is 4.09. The van der Waals surface area contributed by atoms with Gasteiger partial charge in [-0.3, -0.25) is 14.5 Å². The van der Waals surface area contributed by atoms with Crippen molar-refractivity contribution in [2.45, 2.75) is 26.3 Å². The number of rotatable bonds is 4. The molecule has 0 N–H and O–H groups in total. The molecule has 2 fully saturated rings. The van der Waals surface area contributed by atoms with Gasteiger partial charge < -0.3 is 9.80 Å². The average Bonchev–Trinajstić information content (AvgIpc) is 3.14. The normalized spacial score (nSPS) is 18.0. The fraction of sp³-hybridized carbons (Fsp3) is 0.391. The first-order valence-corrected chi connectivity index (χ1v) is 10.1. The zero-order valence-electron chi connectivity index (χ0n) is 16.4. The van der Waals surface area contributed by atoms with E-state index in [-0.39, 0.29) is 11.8 Å². The van der Waals surface area contributed by atoms with Crippen molar-refractivity contribution in [1.29, 1.82) is 0 Å². The molecule has 28 heavy (non-hydrogen) atoms. The van der Waals surface area contributed by atoms with E-state index in [9.17, 15) is 9.59 Å². The summed E-state index contributed by atoms with van der Waals surface area (Å²) in [6, 6.07) is 16.1. The number of carbonyl (C=O) groups excluding carboxylic acids is 2. The number of hydrogen-bond acceptors (Lipinski definition) is 3. The van der Waals surface area contributed by atoms with Gasteiger partial charge in [0.1, 0.15) is 0 Å². The molecular weight excluding hydrogens is 350 g/mol. The molecule has 2 aliphatic heterocycles. The number of aryl methyl sites for hydroxylation is 1. The summed E-state index contributed by atoms with van der Waals surface area (Å²) in [6.07, 6.45) is 1.53. The van der Waals surface area contributed by atoms with Gasteiger partial charge in [0.15, 0.2) is 0 Å². The van der Waals surface area contributed by atoms with Gasteiger partial charge in [-0.15, -0.1) is 0 Å². The largest absolute Gasteiger partial charge is 0.336 e. The van der Waals surface area contributed by atoms with Crippen LogP contribution in [0.1, 0.15) is 34.3 Å². The van der Waals surface area contributed by atoms with E-state index in [2.05, 4.69) is 36.1 Å². The second kappa shape index (κ2) is 8.15. The summed E-state index contributed by atoms with van der Waals surface area (Å²) in [6.45, 7) is 7.09. The zero-order valence-corrected chi connectivity index (χ0v) is 16.4. The van der Waals surface area contributed by atoms with Gasteiger partial charge in [0, 0.05) is 56.9 Å². The molecule has 5 nitrogen and oxygen atoms in total. The highest BCUT2D eigenvalue weighted by molar-refractivity contribution is 5.97. The number of hydrogen-bond donors (Lipinski definition) is 0. The second-order valence-electron chi connectivity index (χ2n) is 7.75. The molecular formula is C23H27N3O2. The van der Waals surface area contributed by atoms with Gasteiger partial charge in [0.05, 0.1) is 0 Å².